The van der Waals surface area contributed by atoms with Gasteiger partial charge < -0.3 is 19.9 Å². The fourth-order valence-corrected chi connectivity index (χ4v) is 3.21. The van der Waals surface area contributed by atoms with E-state index in [-0.39, 0.29) is 24.1 Å². The van der Waals surface area contributed by atoms with Gasteiger partial charge in [-0.05, 0) is 36.4 Å². The van der Waals surface area contributed by atoms with Crippen molar-refractivity contribution >= 4 is 29.3 Å². The van der Waals surface area contributed by atoms with Gasteiger partial charge in [0.15, 0.2) is 11.0 Å². The number of aromatic nitrogens is 3. The Morgan fingerprint density at radius 2 is 1.79 bits per heavy atom. The predicted molar refractivity (Wildman–Crippen MR) is 111 cm³/mol. The summed E-state index contributed by atoms with van der Waals surface area (Å²) in [6.07, 6.45) is 0. The molecule has 2 amide bonds. The van der Waals surface area contributed by atoms with Crippen LogP contribution in [0.15, 0.2) is 59.8 Å². The molecule has 8 nitrogen and oxygen atoms in total. The molecule has 29 heavy (non-hydrogen) atoms. The normalized spacial score (nSPS) is 10.4. The molecular formula is C20H21N5O3S. The number of hydrogen-bond acceptors (Lipinski definition) is 6. The van der Waals surface area contributed by atoms with Crippen LogP contribution >= 0.6 is 11.8 Å². The molecule has 0 radical (unpaired) electrons. The number of amides is 2. The summed E-state index contributed by atoms with van der Waals surface area (Å²) in [7, 11) is 3.39. The first-order valence-electron chi connectivity index (χ1n) is 8.85. The average Bonchev–Trinajstić information content (AvgIpc) is 3.11. The molecule has 0 aliphatic carbocycles. The molecule has 0 aliphatic heterocycles. The van der Waals surface area contributed by atoms with Gasteiger partial charge >= 0.3 is 0 Å². The van der Waals surface area contributed by atoms with E-state index in [2.05, 4.69) is 20.8 Å². The zero-order valence-corrected chi connectivity index (χ0v) is 16.9. The first-order chi connectivity index (χ1) is 14.1. The number of benzene rings is 2. The molecule has 0 saturated carbocycles. The van der Waals surface area contributed by atoms with Gasteiger partial charge in [0, 0.05) is 18.3 Å². The van der Waals surface area contributed by atoms with Crippen LogP contribution < -0.4 is 15.4 Å². The third kappa shape index (κ3) is 5.58. The van der Waals surface area contributed by atoms with E-state index in [0.717, 1.165) is 5.75 Å². The van der Waals surface area contributed by atoms with E-state index >= 15 is 0 Å². The van der Waals surface area contributed by atoms with E-state index in [1.54, 1.807) is 55.1 Å². The Kier molecular flexibility index (Phi) is 6.85. The molecule has 0 unspecified atom stereocenters. The lowest BCUT2D eigenvalue weighted by Gasteiger charge is -2.07. The fraction of sp³-hybridized carbons (Fsp3) is 0.200. The highest BCUT2D eigenvalue weighted by Crippen LogP contribution is 2.18. The van der Waals surface area contributed by atoms with Gasteiger partial charge in [-0.15, -0.1) is 10.2 Å². The van der Waals surface area contributed by atoms with Crippen LogP contribution in [0.3, 0.4) is 0 Å². The molecule has 0 fully saturated rings. The van der Waals surface area contributed by atoms with Crippen LogP contribution in [0.25, 0.3) is 0 Å². The minimum Gasteiger partial charge on any atom is -0.497 e. The van der Waals surface area contributed by atoms with Crippen molar-refractivity contribution in [1.82, 2.24) is 20.1 Å². The maximum Gasteiger partial charge on any atom is 0.251 e. The maximum absolute atomic E-state index is 12.2. The van der Waals surface area contributed by atoms with Crippen LogP contribution in [0, 0.1) is 0 Å². The summed E-state index contributed by atoms with van der Waals surface area (Å²) in [6, 6.07) is 16.1. The van der Waals surface area contributed by atoms with Gasteiger partial charge in [0.1, 0.15) is 5.75 Å². The van der Waals surface area contributed by atoms with Crippen molar-refractivity contribution in [3.63, 3.8) is 0 Å². The lowest BCUT2D eigenvalue weighted by molar-refractivity contribution is -0.113. The predicted octanol–water partition coefficient (Wildman–Crippen LogP) is 2.48. The molecule has 150 valence electrons. The number of methoxy groups -OCH3 is 1. The van der Waals surface area contributed by atoms with Gasteiger partial charge in [0.2, 0.25) is 5.91 Å². The Balaban J connectivity index is 1.49. The van der Waals surface area contributed by atoms with Crippen LogP contribution in [0.5, 0.6) is 5.75 Å². The largest absolute Gasteiger partial charge is 0.497 e. The summed E-state index contributed by atoms with van der Waals surface area (Å²) in [5.74, 6) is 1.19. The van der Waals surface area contributed by atoms with Crippen LogP contribution in [0.1, 0.15) is 16.2 Å². The summed E-state index contributed by atoms with van der Waals surface area (Å²) in [5, 5.41) is 14.4. The Hall–Kier alpha value is -3.33. The zero-order valence-electron chi connectivity index (χ0n) is 16.1. The second-order valence-electron chi connectivity index (χ2n) is 6.07. The molecule has 0 bridgehead atoms. The van der Waals surface area contributed by atoms with E-state index in [1.165, 1.54) is 11.8 Å². The van der Waals surface area contributed by atoms with Gasteiger partial charge in [0.05, 0.1) is 19.4 Å². The van der Waals surface area contributed by atoms with Crippen LogP contribution in [0.2, 0.25) is 0 Å². The first-order valence-corrected chi connectivity index (χ1v) is 9.83. The number of ether oxygens (including phenoxy) is 1. The molecule has 0 saturated heterocycles. The SMILES string of the molecule is COc1ccc(NC(=O)CSc2nnc(CNC(=O)c3ccccc3)n2C)cc1. The van der Waals surface area contributed by atoms with E-state index in [9.17, 15) is 9.59 Å². The molecule has 1 aromatic heterocycles. The Morgan fingerprint density at radius 1 is 1.07 bits per heavy atom. The van der Waals surface area contributed by atoms with Gasteiger partial charge in [-0.3, -0.25) is 9.59 Å². The number of nitrogens with one attached hydrogen (secondary N) is 2. The van der Waals surface area contributed by atoms with E-state index in [1.807, 2.05) is 18.2 Å². The molecule has 1 heterocycles. The van der Waals surface area contributed by atoms with Crippen molar-refractivity contribution in [2.75, 3.05) is 18.2 Å². The topological polar surface area (TPSA) is 98.1 Å². The maximum atomic E-state index is 12.2. The van der Waals surface area contributed by atoms with E-state index < -0.39 is 0 Å². The highest BCUT2D eigenvalue weighted by Gasteiger charge is 2.13. The van der Waals surface area contributed by atoms with Gasteiger partial charge in [0.25, 0.3) is 5.91 Å². The summed E-state index contributed by atoms with van der Waals surface area (Å²) in [6.45, 7) is 0.246. The minimum atomic E-state index is -0.179. The third-order valence-electron chi connectivity index (χ3n) is 4.07. The van der Waals surface area contributed by atoms with Crippen molar-refractivity contribution in [2.45, 2.75) is 11.7 Å². The van der Waals surface area contributed by atoms with Crippen molar-refractivity contribution in [1.29, 1.82) is 0 Å². The van der Waals surface area contributed by atoms with Crippen LogP contribution in [-0.4, -0.2) is 39.4 Å². The number of carbonyl (C=O) groups is 2. The van der Waals surface area contributed by atoms with Crippen LogP contribution in [0.4, 0.5) is 5.69 Å². The average molecular weight is 411 g/mol. The molecule has 0 spiro atoms. The first kappa shape index (κ1) is 20.4. The number of hydrogen-bond donors (Lipinski definition) is 2. The smallest absolute Gasteiger partial charge is 0.251 e. The highest BCUT2D eigenvalue weighted by molar-refractivity contribution is 7.99. The second kappa shape index (κ2) is 9.74. The standard InChI is InChI=1S/C20H21N5O3S/c1-25-17(12-21-19(27)14-6-4-3-5-7-14)23-24-20(25)29-13-18(26)22-15-8-10-16(28-2)11-9-15/h3-11H,12-13H2,1-2H3,(H,21,27)(H,22,26). The Bertz CT molecular complexity index is 974. The Morgan fingerprint density at radius 3 is 2.48 bits per heavy atom. The number of rotatable bonds is 8. The number of carbonyl (C=O) groups excluding carboxylic acids is 2. The van der Waals surface area contributed by atoms with E-state index in [0.29, 0.717) is 22.2 Å². The van der Waals surface area contributed by atoms with Gasteiger partial charge in [-0.2, -0.15) is 0 Å². The molecular weight excluding hydrogens is 390 g/mol. The molecule has 0 atom stereocenters. The quantitative estimate of drug-likeness (QED) is 0.553. The Labute approximate surface area is 172 Å². The lowest BCUT2D eigenvalue weighted by Crippen LogP contribution is -2.24. The molecule has 9 heteroatoms. The lowest BCUT2D eigenvalue weighted by atomic mass is 10.2. The molecule has 3 rings (SSSR count). The zero-order chi connectivity index (χ0) is 20.6. The highest BCUT2D eigenvalue weighted by atomic mass is 32.2. The monoisotopic (exact) mass is 411 g/mol. The summed E-state index contributed by atoms with van der Waals surface area (Å²) in [4.78, 5) is 24.3. The van der Waals surface area contributed by atoms with Crippen molar-refractivity contribution < 1.29 is 14.3 Å². The summed E-state index contributed by atoms with van der Waals surface area (Å²) in [5.41, 5.74) is 1.28. The summed E-state index contributed by atoms with van der Waals surface area (Å²) >= 11 is 1.27. The van der Waals surface area contributed by atoms with Gasteiger partial charge in [-0.25, -0.2) is 0 Å². The van der Waals surface area contributed by atoms with E-state index in [4.69, 9.17) is 4.74 Å². The van der Waals surface area contributed by atoms with Crippen molar-refractivity contribution in [3.8, 4) is 5.75 Å². The van der Waals surface area contributed by atoms with Crippen molar-refractivity contribution in [3.05, 3.63) is 66.0 Å². The van der Waals surface area contributed by atoms with Crippen LogP contribution in [-0.2, 0) is 18.4 Å². The van der Waals surface area contributed by atoms with Crippen molar-refractivity contribution in [2.24, 2.45) is 7.05 Å². The second-order valence-corrected chi connectivity index (χ2v) is 7.01. The summed E-state index contributed by atoms with van der Waals surface area (Å²) < 4.78 is 6.85. The number of anilines is 1. The number of nitrogens with zero attached hydrogens (tertiary/aromatic N) is 3. The molecule has 2 N–H and O–H groups in total. The third-order valence-corrected chi connectivity index (χ3v) is 5.09. The molecule has 0 aliphatic rings. The molecule has 3 aromatic rings. The number of thioether (sulfide) groups is 1. The minimum absolute atomic E-state index is 0.151. The van der Waals surface area contributed by atoms with Gasteiger partial charge in [-0.1, -0.05) is 30.0 Å². The molecule has 2 aromatic carbocycles. The fourth-order valence-electron chi connectivity index (χ4n) is 2.48.